The number of fused-ring (bicyclic) bond motifs is 2. The van der Waals surface area contributed by atoms with E-state index in [-0.39, 0.29) is 23.9 Å². The molecule has 4 heterocycles. The number of rotatable bonds is 8. The minimum Gasteiger partial charge on any atom is -0.462 e. The molecule has 2 aromatic carbocycles. The van der Waals surface area contributed by atoms with E-state index in [0.29, 0.717) is 51.3 Å². The molecule has 1 aromatic heterocycles. The lowest BCUT2D eigenvalue weighted by molar-refractivity contribution is -0.129. The molecule has 0 spiro atoms. The van der Waals surface area contributed by atoms with Crippen LogP contribution in [-0.4, -0.2) is 84.1 Å². The third-order valence-corrected chi connectivity index (χ3v) is 9.72. The monoisotopic (exact) mass is 638 g/mol. The maximum Gasteiger partial charge on any atom is 0.318 e. The molecular formula is C35H39ClN8O2. The predicted molar refractivity (Wildman–Crippen MR) is 179 cm³/mol. The Hall–Kier alpha value is -4.38. The molecule has 3 aliphatic rings. The molecule has 0 saturated carbocycles. The van der Waals surface area contributed by atoms with E-state index in [1.54, 1.807) is 11.0 Å². The summed E-state index contributed by atoms with van der Waals surface area (Å²) >= 11 is 6.71. The van der Waals surface area contributed by atoms with E-state index in [0.717, 1.165) is 70.9 Å². The van der Waals surface area contributed by atoms with Gasteiger partial charge in [0, 0.05) is 48.9 Å². The molecule has 3 aromatic rings. The maximum atomic E-state index is 13.3. The van der Waals surface area contributed by atoms with E-state index in [9.17, 15) is 15.3 Å². The molecule has 0 aliphatic carbocycles. The first kappa shape index (κ1) is 31.6. The number of hydrogen-bond donors (Lipinski definition) is 0. The van der Waals surface area contributed by atoms with Gasteiger partial charge in [0.1, 0.15) is 24.1 Å². The summed E-state index contributed by atoms with van der Waals surface area (Å²) in [7, 11) is 2.12. The van der Waals surface area contributed by atoms with Gasteiger partial charge in [-0.1, -0.05) is 48.9 Å². The molecule has 1 amide bonds. The molecular weight excluding hydrogens is 600 g/mol. The van der Waals surface area contributed by atoms with Crippen molar-refractivity contribution < 1.29 is 9.53 Å². The highest BCUT2D eigenvalue weighted by Gasteiger charge is 2.35. The zero-order chi connectivity index (χ0) is 32.2. The number of piperazine rings is 1. The van der Waals surface area contributed by atoms with Crippen molar-refractivity contribution in [3.8, 4) is 18.1 Å². The van der Waals surface area contributed by atoms with Crippen molar-refractivity contribution >= 4 is 39.8 Å². The third-order valence-electron chi connectivity index (χ3n) is 9.40. The average molecular weight is 639 g/mol. The predicted octanol–water partition coefficient (Wildman–Crippen LogP) is 5.11. The van der Waals surface area contributed by atoms with Crippen LogP contribution in [0.15, 0.2) is 48.0 Å². The summed E-state index contributed by atoms with van der Waals surface area (Å²) in [6, 6.07) is 16.8. The van der Waals surface area contributed by atoms with E-state index in [1.807, 2.05) is 25.1 Å². The van der Waals surface area contributed by atoms with Crippen LogP contribution in [0.1, 0.15) is 43.9 Å². The number of carbonyl (C=O) groups excluding carboxylic acids is 1. The highest BCUT2D eigenvalue weighted by Crippen LogP contribution is 2.37. The van der Waals surface area contributed by atoms with Gasteiger partial charge in [-0.15, -0.1) is 0 Å². The molecule has 0 bridgehead atoms. The van der Waals surface area contributed by atoms with Gasteiger partial charge in [0.2, 0.25) is 0 Å². The van der Waals surface area contributed by atoms with Gasteiger partial charge in [-0.25, -0.2) is 0 Å². The van der Waals surface area contributed by atoms with E-state index >= 15 is 0 Å². The Kier molecular flexibility index (Phi) is 9.58. The molecule has 2 atom stereocenters. The van der Waals surface area contributed by atoms with Crippen LogP contribution >= 0.6 is 11.6 Å². The highest BCUT2D eigenvalue weighted by atomic mass is 35.5. The number of allylic oxidation sites excluding steroid dienone is 1. The van der Waals surface area contributed by atoms with Crippen LogP contribution < -0.4 is 14.5 Å². The van der Waals surface area contributed by atoms with E-state index in [4.69, 9.17) is 26.3 Å². The minimum atomic E-state index is -0.375. The molecule has 46 heavy (non-hydrogen) atoms. The molecule has 2 saturated heterocycles. The molecule has 10 nitrogen and oxygen atoms in total. The van der Waals surface area contributed by atoms with Crippen molar-refractivity contribution in [2.24, 2.45) is 0 Å². The second-order valence-electron chi connectivity index (χ2n) is 12.2. The van der Waals surface area contributed by atoms with E-state index < -0.39 is 0 Å². The summed E-state index contributed by atoms with van der Waals surface area (Å²) < 4.78 is 6.30. The number of nitrogens with zero attached hydrogens (tertiary/aromatic N) is 8. The third kappa shape index (κ3) is 6.33. The van der Waals surface area contributed by atoms with Gasteiger partial charge in [0.15, 0.2) is 0 Å². The van der Waals surface area contributed by atoms with Crippen LogP contribution in [0.5, 0.6) is 6.01 Å². The minimum absolute atomic E-state index is 0.125. The lowest BCUT2D eigenvalue weighted by Crippen LogP contribution is -2.56. The standard InChI is InChI=1S/C35H39ClN8O2/c1-3-7-25(20-38)34(45)44-19-18-43(21-26(44)13-15-37)33-28-14-17-42(31-12-5-9-24-8-4-11-29(36)32(24)31)22-30(28)39-35(40-33)46-23-27-10-6-16-41(27)2/h4-5,7-9,11-12,26-27H,3,6,10,13-14,16-19,21-23H2,1-2H3/t26-,27-/m0/s1. The number of carbonyl (C=O) groups is 1. The first-order valence-corrected chi connectivity index (χ1v) is 16.5. The second kappa shape index (κ2) is 13.9. The Bertz CT molecular complexity index is 1720. The Labute approximate surface area is 275 Å². The van der Waals surface area contributed by atoms with Gasteiger partial charge in [-0.2, -0.15) is 20.5 Å². The molecule has 6 rings (SSSR count). The fourth-order valence-corrected chi connectivity index (χ4v) is 7.23. The fourth-order valence-electron chi connectivity index (χ4n) is 6.96. The lowest BCUT2D eigenvalue weighted by atomic mass is 10.0. The summed E-state index contributed by atoms with van der Waals surface area (Å²) in [6.07, 6.45) is 5.34. The highest BCUT2D eigenvalue weighted by molar-refractivity contribution is 6.36. The van der Waals surface area contributed by atoms with Gasteiger partial charge in [-0.3, -0.25) is 4.79 Å². The van der Waals surface area contributed by atoms with Gasteiger partial charge >= 0.3 is 6.01 Å². The van der Waals surface area contributed by atoms with E-state index in [2.05, 4.69) is 52.1 Å². The first-order valence-electron chi connectivity index (χ1n) is 16.1. The normalized spacial score (nSPS) is 20.4. The van der Waals surface area contributed by atoms with Crippen LogP contribution in [0.2, 0.25) is 5.02 Å². The SMILES string of the molecule is CCC=C(C#N)C(=O)N1CCN(c2nc(OC[C@@H]3CCCN3C)nc3c2CCN(c2cccc4cccc(Cl)c24)C3)C[C@@H]1CC#N. The number of ether oxygens (including phenoxy) is 1. The largest absolute Gasteiger partial charge is 0.462 e. The molecule has 0 unspecified atom stereocenters. The summed E-state index contributed by atoms with van der Waals surface area (Å²) in [4.78, 5) is 31.7. The number of amides is 1. The zero-order valence-corrected chi connectivity index (χ0v) is 27.2. The maximum absolute atomic E-state index is 13.3. The van der Waals surface area contributed by atoms with Gasteiger partial charge in [0.25, 0.3) is 5.91 Å². The Morgan fingerprint density at radius 2 is 1.91 bits per heavy atom. The van der Waals surface area contributed by atoms with Crippen molar-refractivity contribution in [1.82, 2.24) is 19.8 Å². The number of anilines is 2. The number of halogens is 1. The summed E-state index contributed by atoms with van der Waals surface area (Å²) in [5, 5.41) is 22.1. The summed E-state index contributed by atoms with van der Waals surface area (Å²) in [5.74, 6) is 0.484. The Morgan fingerprint density at radius 3 is 2.65 bits per heavy atom. The van der Waals surface area contributed by atoms with Gasteiger partial charge in [-0.05, 0) is 56.8 Å². The average Bonchev–Trinajstić information content (AvgIpc) is 3.49. The van der Waals surface area contributed by atoms with Gasteiger partial charge in [0.05, 0.1) is 35.8 Å². The zero-order valence-electron chi connectivity index (χ0n) is 26.5. The van der Waals surface area contributed by atoms with Crippen molar-refractivity contribution in [2.75, 3.05) is 56.2 Å². The number of benzene rings is 2. The molecule has 0 N–H and O–H groups in total. The number of likely N-dealkylation sites (N-methyl/N-ethyl adjacent to an activating group) is 1. The molecule has 3 aliphatic heterocycles. The van der Waals surface area contributed by atoms with Crippen LogP contribution in [0.4, 0.5) is 11.5 Å². The fraction of sp³-hybridized carbons (Fsp3) is 0.457. The number of nitriles is 2. The lowest BCUT2D eigenvalue weighted by Gasteiger charge is -2.42. The first-order chi connectivity index (χ1) is 22.4. The quantitative estimate of drug-likeness (QED) is 0.245. The summed E-state index contributed by atoms with van der Waals surface area (Å²) in [5.41, 5.74) is 3.16. The van der Waals surface area contributed by atoms with Crippen LogP contribution in [0, 0.1) is 22.7 Å². The molecule has 2 fully saturated rings. The molecule has 11 heteroatoms. The Morgan fingerprint density at radius 1 is 1.09 bits per heavy atom. The van der Waals surface area contributed by atoms with E-state index in [1.165, 1.54) is 0 Å². The second-order valence-corrected chi connectivity index (χ2v) is 12.6. The van der Waals surface area contributed by atoms with Crippen LogP contribution in [0.25, 0.3) is 10.8 Å². The number of aromatic nitrogens is 2. The van der Waals surface area contributed by atoms with Gasteiger partial charge < -0.3 is 24.3 Å². The topological polar surface area (TPSA) is 113 Å². The smallest absolute Gasteiger partial charge is 0.318 e. The van der Waals surface area contributed by atoms with Crippen molar-refractivity contribution in [1.29, 1.82) is 10.5 Å². The van der Waals surface area contributed by atoms with Crippen LogP contribution in [0.3, 0.4) is 0 Å². The molecule has 0 radical (unpaired) electrons. The van der Waals surface area contributed by atoms with Crippen LogP contribution in [-0.2, 0) is 17.8 Å². The number of hydrogen-bond acceptors (Lipinski definition) is 9. The molecule has 238 valence electrons. The van der Waals surface area contributed by atoms with Crippen molar-refractivity contribution in [3.05, 3.63) is 64.3 Å². The van der Waals surface area contributed by atoms with Crippen molar-refractivity contribution in [2.45, 2.75) is 57.7 Å². The van der Waals surface area contributed by atoms with Crippen molar-refractivity contribution in [3.63, 3.8) is 0 Å². The Balaban J connectivity index is 1.33. The number of likely N-dealkylation sites (tertiary alicyclic amines) is 1. The summed E-state index contributed by atoms with van der Waals surface area (Å²) in [6.45, 7) is 6.13.